The fourth-order valence-electron chi connectivity index (χ4n) is 3.71. The number of halogens is 2. The second-order valence-corrected chi connectivity index (χ2v) is 8.98. The summed E-state index contributed by atoms with van der Waals surface area (Å²) in [5, 5.41) is 30.2. The first-order valence-corrected chi connectivity index (χ1v) is 11.6. The van der Waals surface area contributed by atoms with Gasteiger partial charge >= 0.3 is 5.97 Å². The third-order valence-corrected chi connectivity index (χ3v) is 6.08. The maximum atomic E-state index is 11.8. The number of carbonyl (C=O) groups is 1. The van der Waals surface area contributed by atoms with Gasteiger partial charge in [0.25, 0.3) is 5.69 Å². The molecule has 0 saturated carbocycles. The number of aromatic carboxylic acids is 1. The highest BCUT2D eigenvalue weighted by molar-refractivity contribution is 6.37. The normalized spacial score (nSPS) is 11.0. The number of carboxylic acid groups (broad SMARTS) is 1. The largest absolute Gasteiger partial charge is 0.487 e. The van der Waals surface area contributed by atoms with E-state index in [1.807, 2.05) is 13.8 Å². The quantitative estimate of drug-likeness (QED) is 0.204. The lowest BCUT2D eigenvalue weighted by molar-refractivity contribution is -0.384. The van der Waals surface area contributed by atoms with Crippen LogP contribution in [0.1, 0.15) is 41.5 Å². The summed E-state index contributed by atoms with van der Waals surface area (Å²) in [6.45, 7) is 3.93. The smallest absolute Gasteiger partial charge is 0.335 e. The average molecular weight is 527 g/mol. The molecule has 1 heterocycles. The van der Waals surface area contributed by atoms with Crippen molar-refractivity contribution in [2.75, 3.05) is 0 Å². The second kappa shape index (κ2) is 10.3. The number of para-hydroxylation sites is 1. The van der Waals surface area contributed by atoms with E-state index >= 15 is 0 Å². The van der Waals surface area contributed by atoms with Crippen LogP contribution in [0.4, 0.5) is 5.69 Å². The van der Waals surface area contributed by atoms with Crippen LogP contribution in [0.5, 0.6) is 5.75 Å². The minimum atomic E-state index is -1.08. The van der Waals surface area contributed by atoms with Gasteiger partial charge in [-0.3, -0.25) is 10.1 Å². The van der Waals surface area contributed by atoms with E-state index in [0.717, 1.165) is 0 Å². The number of aromatic nitrogens is 3. The van der Waals surface area contributed by atoms with Crippen molar-refractivity contribution in [3.63, 3.8) is 0 Å². The van der Waals surface area contributed by atoms with Gasteiger partial charge < -0.3 is 9.84 Å². The highest BCUT2D eigenvalue weighted by atomic mass is 35.5. The number of rotatable bonds is 8. The van der Waals surface area contributed by atoms with E-state index in [1.165, 1.54) is 35.0 Å². The number of nitro benzene ring substituents is 1. The second-order valence-electron chi connectivity index (χ2n) is 8.17. The van der Waals surface area contributed by atoms with E-state index < -0.39 is 10.9 Å². The van der Waals surface area contributed by atoms with Crippen LogP contribution in [0, 0.1) is 10.1 Å². The molecule has 9 nitrogen and oxygen atoms in total. The predicted molar refractivity (Wildman–Crippen MR) is 135 cm³/mol. The molecule has 0 spiro atoms. The van der Waals surface area contributed by atoms with Gasteiger partial charge in [-0.05, 0) is 47.9 Å². The first-order valence-electron chi connectivity index (χ1n) is 10.8. The van der Waals surface area contributed by atoms with Crippen LogP contribution < -0.4 is 4.74 Å². The third-order valence-electron chi connectivity index (χ3n) is 5.47. The highest BCUT2D eigenvalue weighted by Gasteiger charge is 2.22. The molecule has 0 unspecified atom stereocenters. The zero-order chi connectivity index (χ0) is 26.0. The Hall–Kier alpha value is -3.95. The molecule has 184 valence electrons. The standard InChI is InChI=1S/C25H20Cl2N4O5/c1-14(2)23-22(30(29-28-23)24-19(26)4-3-5-20(24)27)13-36-17-10-11-18(21(12-17)31(34)35)15-6-8-16(9-7-15)25(32)33/h3-12,14H,13H2,1-2H3,(H,32,33). The van der Waals surface area contributed by atoms with Crippen molar-refractivity contribution in [1.29, 1.82) is 0 Å². The monoisotopic (exact) mass is 526 g/mol. The number of hydrogen-bond donors (Lipinski definition) is 1. The van der Waals surface area contributed by atoms with Crippen LogP contribution in [0.25, 0.3) is 16.8 Å². The van der Waals surface area contributed by atoms with Crippen LogP contribution in [0.15, 0.2) is 60.7 Å². The van der Waals surface area contributed by atoms with Crippen LogP contribution in [0.2, 0.25) is 10.0 Å². The Labute approximate surface area is 216 Å². The lowest BCUT2D eigenvalue weighted by Crippen LogP contribution is -2.09. The zero-order valence-electron chi connectivity index (χ0n) is 19.2. The third kappa shape index (κ3) is 5.02. The SMILES string of the molecule is CC(C)c1nnn(-c2c(Cl)cccc2Cl)c1COc1ccc(-c2ccc(C(=O)O)cc2)c([N+](=O)[O-])c1. The number of benzene rings is 3. The molecule has 1 N–H and O–H groups in total. The molecule has 0 atom stereocenters. The van der Waals surface area contributed by atoms with Gasteiger partial charge in [-0.15, -0.1) is 5.10 Å². The Kier molecular flexibility index (Phi) is 7.23. The minimum Gasteiger partial charge on any atom is -0.487 e. The number of carboxylic acids is 1. The van der Waals surface area contributed by atoms with Crippen molar-refractivity contribution in [3.05, 3.63) is 97.8 Å². The minimum absolute atomic E-state index is 0.00583. The Balaban J connectivity index is 1.67. The number of ether oxygens (including phenoxy) is 1. The molecule has 0 fully saturated rings. The summed E-state index contributed by atoms with van der Waals surface area (Å²) in [4.78, 5) is 22.4. The molecule has 11 heteroatoms. The van der Waals surface area contributed by atoms with Gasteiger partial charge in [-0.2, -0.15) is 0 Å². The van der Waals surface area contributed by atoms with Crippen LogP contribution in [-0.2, 0) is 6.61 Å². The molecule has 0 aliphatic carbocycles. The summed E-state index contributed by atoms with van der Waals surface area (Å²) in [5.74, 6) is -0.795. The van der Waals surface area contributed by atoms with Crippen LogP contribution in [-0.4, -0.2) is 31.0 Å². The van der Waals surface area contributed by atoms with E-state index in [2.05, 4.69) is 10.3 Å². The topological polar surface area (TPSA) is 120 Å². The number of nitrogens with zero attached hydrogens (tertiary/aromatic N) is 4. The fraction of sp³-hybridized carbons (Fsp3) is 0.160. The van der Waals surface area contributed by atoms with Gasteiger partial charge in [0.05, 0.1) is 37.9 Å². The summed E-state index contributed by atoms with van der Waals surface area (Å²) < 4.78 is 7.47. The van der Waals surface area contributed by atoms with E-state index in [4.69, 9.17) is 33.0 Å². The van der Waals surface area contributed by atoms with Gasteiger partial charge in [0.15, 0.2) is 0 Å². The highest BCUT2D eigenvalue weighted by Crippen LogP contribution is 2.35. The number of nitro groups is 1. The Morgan fingerprint density at radius 2 is 1.78 bits per heavy atom. The van der Waals surface area contributed by atoms with Crippen LogP contribution >= 0.6 is 23.2 Å². The fourth-order valence-corrected chi connectivity index (χ4v) is 4.27. The van der Waals surface area contributed by atoms with E-state index in [0.29, 0.717) is 38.2 Å². The van der Waals surface area contributed by atoms with Gasteiger partial charge in [-0.1, -0.05) is 60.5 Å². The molecule has 36 heavy (non-hydrogen) atoms. The first kappa shape index (κ1) is 25.2. The van der Waals surface area contributed by atoms with Gasteiger partial charge in [0.2, 0.25) is 0 Å². The molecular formula is C25H20Cl2N4O5. The summed E-state index contributed by atoms with van der Waals surface area (Å²) >= 11 is 12.8. The molecule has 0 radical (unpaired) electrons. The van der Waals surface area contributed by atoms with Crippen molar-refractivity contribution in [2.45, 2.75) is 26.4 Å². The maximum absolute atomic E-state index is 11.8. The molecule has 0 bridgehead atoms. The Morgan fingerprint density at radius 1 is 1.11 bits per heavy atom. The van der Waals surface area contributed by atoms with Gasteiger partial charge in [0.1, 0.15) is 23.7 Å². The van der Waals surface area contributed by atoms with Crippen LogP contribution in [0.3, 0.4) is 0 Å². The van der Waals surface area contributed by atoms with Gasteiger partial charge in [0, 0.05) is 0 Å². The average Bonchev–Trinajstić information content (AvgIpc) is 3.26. The molecule has 0 saturated heterocycles. The predicted octanol–water partition coefficient (Wildman–Crippen LogP) is 6.55. The van der Waals surface area contributed by atoms with E-state index in [1.54, 1.807) is 30.3 Å². The van der Waals surface area contributed by atoms with Gasteiger partial charge in [-0.25, -0.2) is 9.48 Å². The lowest BCUT2D eigenvalue weighted by atomic mass is 10.0. The molecule has 4 aromatic rings. The summed E-state index contributed by atoms with van der Waals surface area (Å²) in [5.41, 5.74) is 2.50. The van der Waals surface area contributed by atoms with Crippen molar-refractivity contribution >= 4 is 34.9 Å². The molecule has 1 aromatic heterocycles. The Bertz CT molecular complexity index is 1430. The summed E-state index contributed by atoms with van der Waals surface area (Å²) in [6.07, 6.45) is 0. The van der Waals surface area contributed by atoms with E-state index in [9.17, 15) is 14.9 Å². The Morgan fingerprint density at radius 3 is 2.36 bits per heavy atom. The van der Waals surface area contributed by atoms with E-state index in [-0.39, 0.29) is 29.5 Å². The molecule has 3 aromatic carbocycles. The van der Waals surface area contributed by atoms with Crippen molar-refractivity contribution in [3.8, 4) is 22.6 Å². The molecule has 4 rings (SSSR count). The molecule has 0 aliphatic heterocycles. The summed E-state index contributed by atoms with van der Waals surface area (Å²) in [7, 11) is 0. The summed E-state index contributed by atoms with van der Waals surface area (Å²) in [6, 6.07) is 15.4. The molecule has 0 aliphatic rings. The van der Waals surface area contributed by atoms with Crippen molar-refractivity contribution in [2.24, 2.45) is 0 Å². The molecule has 0 amide bonds. The van der Waals surface area contributed by atoms with Crippen molar-refractivity contribution in [1.82, 2.24) is 15.0 Å². The van der Waals surface area contributed by atoms with Crippen molar-refractivity contribution < 1.29 is 19.6 Å². The zero-order valence-corrected chi connectivity index (χ0v) is 20.7. The number of hydrogen-bond acceptors (Lipinski definition) is 6. The lowest BCUT2D eigenvalue weighted by Gasteiger charge is -2.14. The maximum Gasteiger partial charge on any atom is 0.335 e. The molecular weight excluding hydrogens is 507 g/mol. The first-order chi connectivity index (χ1) is 17.2.